The fourth-order valence-electron chi connectivity index (χ4n) is 1.87. The largest absolute Gasteiger partial charge is 0.493 e. The molecule has 7 heteroatoms. The van der Waals surface area contributed by atoms with Crippen LogP contribution in [0.5, 0.6) is 5.75 Å². The smallest absolute Gasteiger partial charge is 0.259 e. The van der Waals surface area contributed by atoms with Crippen LogP contribution in [0.2, 0.25) is 5.02 Å². The van der Waals surface area contributed by atoms with Gasteiger partial charge in [0.05, 0.1) is 19.4 Å². The van der Waals surface area contributed by atoms with Crippen LogP contribution in [0.15, 0.2) is 47.6 Å². The molecular weight excluding hydrogens is 441 g/mol. The Labute approximate surface area is 159 Å². The Kier molecular flexibility index (Phi) is 7.33. The molecule has 0 aromatic heterocycles. The summed E-state index contributed by atoms with van der Waals surface area (Å²) in [5.74, 6) is 0.418. The van der Waals surface area contributed by atoms with Gasteiger partial charge in [0.1, 0.15) is 5.75 Å². The zero-order valence-electron chi connectivity index (χ0n) is 13.1. The van der Waals surface area contributed by atoms with Gasteiger partial charge in [-0.05, 0) is 72.0 Å². The summed E-state index contributed by atoms with van der Waals surface area (Å²) in [4.78, 5) is 11.8. The number of hydrazone groups is 1. The number of nitrogens with zero attached hydrogens (tertiary/aromatic N) is 1. The fourth-order valence-corrected chi connectivity index (χ4v) is 2.41. The highest BCUT2D eigenvalue weighted by Crippen LogP contribution is 2.21. The van der Waals surface area contributed by atoms with E-state index in [1.807, 2.05) is 31.2 Å². The third-order valence-corrected chi connectivity index (χ3v) is 3.92. The van der Waals surface area contributed by atoms with Crippen molar-refractivity contribution in [2.24, 2.45) is 5.10 Å². The summed E-state index contributed by atoms with van der Waals surface area (Å²) in [6.45, 7) is 2.56. The van der Waals surface area contributed by atoms with Crippen LogP contribution in [-0.2, 0) is 4.79 Å². The first-order valence-electron chi connectivity index (χ1n) is 7.32. The van der Waals surface area contributed by atoms with Gasteiger partial charge in [0.2, 0.25) is 0 Å². The third kappa shape index (κ3) is 6.01. The molecule has 126 valence electrons. The van der Waals surface area contributed by atoms with E-state index in [1.54, 1.807) is 18.2 Å². The van der Waals surface area contributed by atoms with E-state index in [0.29, 0.717) is 22.9 Å². The number of amides is 1. The number of nitrogens with one attached hydrogen (secondary N) is 2. The van der Waals surface area contributed by atoms with Gasteiger partial charge in [0.25, 0.3) is 5.91 Å². The van der Waals surface area contributed by atoms with Crippen LogP contribution in [0.25, 0.3) is 0 Å². The number of benzene rings is 2. The van der Waals surface area contributed by atoms with Crippen LogP contribution in [0.1, 0.15) is 12.5 Å². The molecule has 0 aliphatic heterocycles. The molecule has 0 saturated carbocycles. The van der Waals surface area contributed by atoms with Crippen molar-refractivity contribution in [3.8, 4) is 5.75 Å². The first-order valence-corrected chi connectivity index (χ1v) is 8.78. The molecule has 2 aromatic rings. The van der Waals surface area contributed by atoms with E-state index < -0.39 is 0 Å². The van der Waals surface area contributed by atoms with Crippen molar-refractivity contribution in [1.82, 2.24) is 5.43 Å². The van der Waals surface area contributed by atoms with E-state index in [9.17, 15) is 4.79 Å². The molecule has 0 atom stereocenters. The fraction of sp³-hybridized carbons (Fsp3) is 0.176. The normalized spacial score (nSPS) is 10.6. The highest BCUT2D eigenvalue weighted by atomic mass is 127. The Morgan fingerprint density at radius 3 is 2.75 bits per heavy atom. The van der Waals surface area contributed by atoms with Crippen LogP contribution >= 0.6 is 34.2 Å². The summed E-state index contributed by atoms with van der Waals surface area (Å²) in [6.07, 6.45) is 1.51. The molecule has 0 aliphatic carbocycles. The van der Waals surface area contributed by atoms with Crippen LogP contribution in [0.4, 0.5) is 5.69 Å². The van der Waals surface area contributed by atoms with Gasteiger partial charge in [-0.3, -0.25) is 4.79 Å². The molecule has 0 unspecified atom stereocenters. The van der Waals surface area contributed by atoms with Gasteiger partial charge in [0, 0.05) is 19.8 Å². The number of anilines is 1. The molecule has 0 aliphatic rings. The third-order valence-electron chi connectivity index (χ3n) is 2.96. The number of hydrogen-bond acceptors (Lipinski definition) is 4. The highest BCUT2D eigenvalue weighted by molar-refractivity contribution is 14.1. The Balaban J connectivity index is 1.88. The van der Waals surface area contributed by atoms with Crippen molar-refractivity contribution in [1.29, 1.82) is 0 Å². The van der Waals surface area contributed by atoms with E-state index >= 15 is 0 Å². The minimum Gasteiger partial charge on any atom is -0.493 e. The van der Waals surface area contributed by atoms with Crippen LogP contribution in [0.3, 0.4) is 0 Å². The first-order chi connectivity index (χ1) is 11.6. The maximum absolute atomic E-state index is 11.8. The van der Waals surface area contributed by atoms with E-state index in [2.05, 4.69) is 38.4 Å². The minimum atomic E-state index is -0.246. The molecule has 0 fully saturated rings. The molecule has 0 bridgehead atoms. The molecule has 24 heavy (non-hydrogen) atoms. The number of rotatable bonds is 7. The van der Waals surface area contributed by atoms with Crippen molar-refractivity contribution in [2.45, 2.75) is 6.92 Å². The van der Waals surface area contributed by atoms with Gasteiger partial charge < -0.3 is 10.1 Å². The SMILES string of the molecule is CCOc1ccc(Cl)cc1/C=N\NC(=O)CNc1ccc(I)cc1. The molecule has 2 rings (SSSR count). The molecule has 1 amide bonds. The van der Waals surface area contributed by atoms with E-state index in [0.717, 1.165) is 9.26 Å². The minimum absolute atomic E-state index is 0.131. The summed E-state index contributed by atoms with van der Waals surface area (Å²) in [6, 6.07) is 13.0. The van der Waals surface area contributed by atoms with Crippen molar-refractivity contribution in [3.63, 3.8) is 0 Å². The molecule has 0 spiro atoms. The van der Waals surface area contributed by atoms with E-state index in [-0.39, 0.29) is 12.5 Å². The second kappa shape index (κ2) is 9.48. The lowest BCUT2D eigenvalue weighted by molar-refractivity contribution is -0.119. The van der Waals surface area contributed by atoms with Gasteiger partial charge in [-0.15, -0.1) is 0 Å². The van der Waals surface area contributed by atoms with Gasteiger partial charge in [-0.25, -0.2) is 5.43 Å². The zero-order chi connectivity index (χ0) is 17.4. The molecule has 2 N–H and O–H groups in total. The van der Waals surface area contributed by atoms with Gasteiger partial charge >= 0.3 is 0 Å². The number of carbonyl (C=O) groups is 1. The number of ether oxygens (including phenoxy) is 1. The van der Waals surface area contributed by atoms with Gasteiger partial charge in [0.15, 0.2) is 0 Å². The maximum Gasteiger partial charge on any atom is 0.259 e. The van der Waals surface area contributed by atoms with Crippen LogP contribution < -0.4 is 15.5 Å². The van der Waals surface area contributed by atoms with Crippen molar-refractivity contribution >= 4 is 52.0 Å². The Bertz CT molecular complexity index is 720. The van der Waals surface area contributed by atoms with E-state index in [1.165, 1.54) is 6.21 Å². The highest BCUT2D eigenvalue weighted by Gasteiger charge is 2.03. The molecule has 5 nitrogen and oxygen atoms in total. The summed E-state index contributed by atoms with van der Waals surface area (Å²) < 4.78 is 6.63. The first kappa shape index (κ1) is 18.5. The second-order valence-electron chi connectivity index (χ2n) is 4.77. The second-order valence-corrected chi connectivity index (χ2v) is 6.45. The average molecular weight is 458 g/mol. The standard InChI is InChI=1S/C17H17ClIN3O2/c1-2-24-16-8-3-13(18)9-12(16)10-21-22-17(23)11-20-15-6-4-14(19)5-7-15/h3-10,20H,2,11H2,1H3,(H,22,23)/b21-10-. The van der Waals surface area contributed by atoms with Crippen molar-refractivity contribution < 1.29 is 9.53 Å². The lowest BCUT2D eigenvalue weighted by Crippen LogP contribution is -2.25. The number of hydrogen-bond donors (Lipinski definition) is 2. The molecule has 0 radical (unpaired) electrons. The molecule has 0 saturated heterocycles. The Morgan fingerprint density at radius 2 is 2.04 bits per heavy atom. The summed E-state index contributed by atoms with van der Waals surface area (Å²) in [7, 11) is 0. The molecular formula is C17H17ClIN3O2. The monoisotopic (exact) mass is 457 g/mol. The van der Waals surface area contributed by atoms with Crippen molar-refractivity contribution in [3.05, 3.63) is 56.6 Å². The van der Waals surface area contributed by atoms with Gasteiger partial charge in [-0.2, -0.15) is 5.10 Å². The number of halogens is 2. The summed E-state index contributed by atoms with van der Waals surface area (Å²) in [5.41, 5.74) is 4.05. The maximum atomic E-state index is 11.8. The quantitative estimate of drug-likeness (QED) is 0.376. The molecule has 2 aromatic carbocycles. The lowest BCUT2D eigenvalue weighted by atomic mass is 10.2. The van der Waals surface area contributed by atoms with Gasteiger partial charge in [-0.1, -0.05) is 11.6 Å². The summed E-state index contributed by atoms with van der Waals surface area (Å²) in [5, 5.41) is 7.55. The zero-order valence-corrected chi connectivity index (χ0v) is 16.0. The predicted octanol–water partition coefficient (Wildman–Crippen LogP) is 3.91. The predicted molar refractivity (Wildman–Crippen MR) is 106 cm³/mol. The lowest BCUT2D eigenvalue weighted by Gasteiger charge is -2.07. The average Bonchev–Trinajstić information content (AvgIpc) is 2.57. The molecule has 0 heterocycles. The van der Waals surface area contributed by atoms with Crippen molar-refractivity contribution in [2.75, 3.05) is 18.5 Å². The Hall–Kier alpha value is -1.80. The topological polar surface area (TPSA) is 62.7 Å². The Morgan fingerprint density at radius 1 is 1.29 bits per heavy atom. The summed E-state index contributed by atoms with van der Waals surface area (Å²) >= 11 is 8.20. The van der Waals surface area contributed by atoms with Crippen LogP contribution in [0, 0.1) is 3.57 Å². The van der Waals surface area contributed by atoms with Crippen LogP contribution in [-0.4, -0.2) is 25.3 Å². The van der Waals surface area contributed by atoms with E-state index in [4.69, 9.17) is 16.3 Å². The number of carbonyl (C=O) groups excluding carboxylic acids is 1.